The SMILES string of the molecule is CC[N+]1(N2CCCCC2)N=NN(c2cccs2)C1=O. The van der Waals surface area contributed by atoms with Crippen molar-refractivity contribution < 1.29 is 9.50 Å². The van der Waals surface area contributed by atoms with E-state index in [1.54, 1.807) is 0 Å². The maximum absolute atomic E-state index is 12.7. The Morgan fingerprint density at radius 3 is 2.79 bits per heavy atom. The summed E-state index contributed by atoms with van der Waals surface area (Å²) in [7, 11) is 0. The predicted octanol–water partition coefficient (Wildman–Crippen LogP) is 3.21. The topological polar surface area (TPSA) is 48.3 Å². The van der Waals surface area contributed by atoms with E-state index in [0.717, 1.165) is 30.9 Å². The Kier molecular flexibility index (Phi) is 3.34. The van der Waals surface area contributed by atoms with Gasteiger partial charge in [-0.1, -0.05) is 6.42 Å². The van der Waals surface area contributed by atoms with Crippen LogP contribution in [-0.4, -0.2) is 35.4 Å². The molecule has 7 heteroatoms. The molecule has 1 unspecified atom stereocenters. The summed E-state index contributed by atoms with van der Waals surface area (Å²) in [6, 6.07) is 3.75. The molecule has 0 bridgehead atoms. The lowest BCUT2D eigenvalue weighted by Gasteiger charge is -2.35. The smallest absolute Gasteiger partial charge is 0.199 e. The number of hydrogen-bond acceptors (Lipinski definition) is 5. The first-order valence-electron chi connectivity index (χ1n) is 6.73. The standard InChI is InChI=1S/C12H18N5OS/c1-2-17(15-8-4-3-5-9-15)12(18)16(13-14-17)11-7-6-10-19-11/h6-7,10H,2-5,8-9H2,1H3/q+1. The molecule has 0 saturated carbocycles. The summed E-state index contributed by atoms with van der Waals surface area (Å²) in [6.07, 6.45) is 3.49. The number of quaternary nitrogens is 1. The molecule has 19 heavy (non-hydrogen) atoms. The molecule has 1 aromatic rings. The summed E-state index contributed by atoms with van der Waals surface area (Å²) in [5.74, 6) is 0. The zero-order chi connectivity index (χ0) is 13.3. The Bertz CT molecular complexity index is 482. The number of anilines is 1. The van der Waals surface area contributed by atoms with Crippen molar-refractivity contribution >= 4 is 22.4 Å². The van der Waals surface area contributed by atoms with E-state index in [2.05, 4.69) is 15.5 Å². The van der Waals surface area contributed by atoms with Crippen LogP contribution in [0.25, 0.3) is 0 Å². The van der Waals surface area contributed by atoms with Crippen LogP contribution >= 0.6 is 11.3 Å². The summed E-state index contributed by atoms with van der Waals surface area (Å²) in [4.78, 5) is 12.7. The molecule has 102 valence electrons. The summed E-state index contributed by atoms with van der Waals surface area (Å²) in [5.41, 5.74) is 0. The highest BCUT2D eigenvalue weighted by atomic mass is 32.1. The second kappa shape index (κ2) is 4.99. The minimum atomic E-state index is -0.0631. The molecule has 6 nitrogen and oxygen atoms in total. The lowest BCUT2D eigenvalue weighted by molar-refractivity contribution is -0.970. The van der Waals surface area contributed by atoms with E-state index in [9.17, 15) is 4.79 Å². The van der Waals surface area contributed by atoms with E-state index in [4.69, 9.17) is 0 Å². The first-order valence-corrected chi connectivity index (χ1v) is 7.61. The summed E-state index contributed by atoms with van der Waals surface area (Å²) >= 11 is 1.50. The summed E-state index contributed by atoms with van der Waals surface area (Å²) in [6.45, 7) is 4.43. The van der Waals surface area contributed by atoms with E-state index in [-0.39, 0.29) is 10.7 Å². The number of thiophene rings is 1. The molecule has 1 saturated heterocycles. The van der Waals surface area contributed by atoms with Gasteiger partial charge in [0.15, 0.2) is 0 Å². The molecule has 0 radical (unpaired) electrons. The molecule has 0 spiro atoms. The highest BCUT2D eigenvalue weighted by Crippen LogP contribution is 2.33. The zero-order valence-corrected chi connectivity index (χ0v) is 11.8. The first kappa shape index (κ1) is 12.7. The normalized spacial score (nSPS) is 28.3. The molecule has 2 aliphatic heterocycles. The molecule has 1 atom stereocenters. The van der Waals surface area contributed by atoms with Gasteiger partial charge < -0.3 is 0 Å². The Morgan fingerprint density at radius 1 is 1.37 bits per heavy atom. The van der Waals surface area contributed by atoms with Crippen molar-refractivity contribution in [3.05, 3.63) is 17.5 Å². The number of urea groups is 1. The Labute approximate surface area is 116 Å². The van der Waals surface area contributed by atoms with Crippen LogP contribution in [0, 0.1) is 0 Å². The Balaban J connectivity index is 1.87. The van der Waals surface area contributed by atoms with E-state index >= 15 is 0 Å². The van der Waals surface area contributed by atoms with Crippen LogP contribution in [0.1, 0.15) is 26.2 Å². The van der Waals surface area contributed by atoms with Crippen molar-refractivity contribution in [2.75, 3.05) is 24.6 Å². The van der Waals surface area contributed by atoms with Gasteiger partial charge in [0.25, 0.3) is 0 Å². The monoisotopic (exact) mass is 280 g/mol. The third-order valence-corrected chi connectivity index (χ3v) is 4.56. The minimum Gasteiger partial charge on any atom is -0.199 e. The van der Waals surface area contributed by atoms with Crippen molar-refractivity contribution in [1.29, 1.82) is 0 Å². The zero-order valence-electron chi connectivity index (χ0n) is 11.0. The van der Waals surface area contributed by atoms with Crippen LogP contribution in [0.3, 0.4) is 0 Å². The number of carbonyl (C=O) groups excluding carboxylic acids is 1. The van der Waals surface area contributed by atoms with Gasteiger partial charge in [-0.2, -0.15) is 4.79 Å². The van der Waals surface area contributed by atoms with Crippen LogP contribution in [0.15, 0.2) is 28.0 Å². The highest BCUT2D eigenvalue weighted by molar-refractivity contribution is 7.14. The van der Waals surface area contributed by atoms with Gasteiger partial charge in [0, 0.05) is 0 Å². The van der Waals surface area contributed by atoms with Crippen molar-refractivity contribution in [2.24, 2.45) is 10.4 Å². The minimum absolute atomic E-state index is 0.00208. The lowest BCUT2D eigenvalue weighted by Crippen LogP contribution is -2.61. The maximum Gasteiger partial charge on any atom is 0.494 e. The van der Waals surface area contributed by atoms with Crippen molar-refractivity contribution in [1.82, 2.24) is 5.01 Å². The van der Waals surface area contributed by atoms with E-state index < -0.39 is 0 Å². The fourth-order valence-corrected chi connectivity index (χ4v) is 3.32. The largest absolute Gasteiger partial charge is 0.494 e. The third-order valence-electron chi connectivity index (χ3n) is 3.72. The number of amides is 2. The van der Waals surface area contributed by atoms with E-state index in [1.165, 1.54) is 22.8 Å². The number of piperidine rings is 1. The molecule has 3 heterocycles. The van der Waals surface area contributed by atoms with Gasteiger partial charge in [-0.05, 0) is 47.2 Å². The van der Waals surface area contributed by atoms with Gasteiger partial charge in [-0.25, -0.2) is 0 Å². The summed E-state index contributed by atoms with van der Waals surface area (Å²) in [5, 5.41) is 14.8. The fourth-order valence-electron chi connectivity index (χ4n) is 2.65. The average molecular weight is 280 g/mol. The molecule has 0 aliphatic carbocycles. The number of rotatable bonds is 3. The predicted molar refractivity (Wildman–Crippen MR) is 73.3 cm³/mol. The van der Waals surface area contributed by atoms with Crippen LogP contribution in [0.2, 0.25) is 0 Å². The van der Waals surface area contributed by atoms with Crippen LogP contribution in [0.4, 0.5) is 9.80 Å². The van der Waals surface area contributed by atoms with Crippen LogP contribution in [0.5, 0.6) is 0 Å². The average Bonchev–Trinajstić information content (AvgIpc) is 3.08. The number of nitrogens with zero attached hydrogens (tertiary/aromatic N) is 5. The molecule has 0 aromatic carbocycles. The molecule has 1 aromatic heterocycles. The second-order valence-corrected chi connectivity index (χ2v) is 5.71. The van der Waals surface area contributed by atoms with Gasteiger partial charge in [0.05, 0.1) is 18.3 Å². The first-order chi connectivity index (χ1) is 9.28. The molecule has 2 amide bonds. The molecule has 2 aliphatic rings. The van der Waals surface area contributed by atoms with Gasteiger partial charge in [0.1, 0.15) is 11.5 Å². The van der Waals surface area contributed by atoms with Gasteiger partial charge in [-0.3, -0.25) is 0 Å². The summed E-state index contributed by atoms with van der Waals surface area (Å²) < 4.78 is -0.00208. The quantitative estimate of drug-likeness (QED) is 0.798. The lowest BCUT2D eigenvalue weighted by atomic mass is 10.2. The highest BCUT2D eigenvalue weighted by Gasteiger charge is 2.53. The molecule has 1 fully saturated rings. The van der Waals surface area contributed by atoms with Crippen molar-refractivity contribution in [3.8, 4) is 0 Å². The third kappa shape index (κ3) is 1.98. The Hall–Kier alpha value is -1.31. The van der Waals surface area contributed by atoms with Crippen LogP contribution < -0.4 is 5.01 Å². The second-order valence-electron chi connectivity index (χ2n) is 4.79. The van der Waals surface area contributed by atoms with E-state index in [0.29, 0.717) is 6.54 Å². The van der Waals surface area contributed by atoms with Crippen molar-refractivity contribution in [2.45, 2.75) is 26.2 Å². The molecule has 3 rings (SSSR count). The molecule has 0 N–H and O–H groups in total. The maximum atomic E-state index is 12.7. The number of hydrogen-bond donors (Lipinski definition) is 0. The van der Waals surface area contributed by atoms with Gasteiger partial charge >= 0.3 is 6.03 Å². The molecular weight excluding hydrogens is 262 g/mol. The Morgan fingerprint density at radius 2 is 2.16 bits per heavy atom. The van der Waals surface area contributed by atoms with Gasteiger partial charge in [0.2, 0.25) is 0 Å². The number of carbonyl (C=O) groups is 1. The van der Waals surface area contributed by atoms with E-state index in [1.807, 2.05) is 24.4 Å². The van der Waals surface area contributed by atoms with Crippen molar-refractivity contribution in [3.63, 3.8) is 0 Å². The van der Waals surface area contributed by atoms with Gasteiger partial charge in [-0.15, -0.1) is 21.4 Å². The fraction of sp³-hybridized carbons (Fsp3) is 0.583. The molecular formula is C12H18N5OS+. The van der Waals surface area contributed by atoms with Crippen LogP contribution in [-0.2, 0) is 0 Å².